The zero-order valence-corrected chi connectivity index (χ0v) is 20.1. The topological polar surface area (TPSA) is 137 Å². The predicted octanol–water partition coefficient (Wildman–Crippen LogP) is 3.02. The van der Waals surface area contributed by atoms with Gasteiger partial charge in [-0.15, -0.1) is 0 Å². The Balaban J connectivity index is 1.43. The van der Waals surface area contributed by atoms with Crippen molar-refractivity contribution in [3.63, 3.8) is 0 Å². The average Bonchev–Trinajstić information content (AvgIpc) is 3.44. The van der Waals surface area contributed by atoms with Gasteiger partial charge in [-0.05, 0) is 25.5 Å². The van der Waals surface area contributed by atoms with Crippen molar-refractivity contribution in [3.8, 4) is 22.6 Å². The van der Waals surface area contributed by atoms with Gasteiger partial charge in [-0.2, -0.15) is 18.3 Å². The SMILES string of the molecule is Cn1cc(-c2cc3ncc(-c4ccc(CC(=O)NC(=N)/C=C(\[OH2+])C(C)(C)C(F)(F)F)cn4)n3cn2)cn1. The number of aromatic nitrogens is 6. The highest BCUT2D eigenvalue weighted by atomic mass is 19.4. The summed E-state index contributed by atoms with van der Waals surface area (Å²) in [5.41, 5.74) is 1.63. The van der Waals surface area contributed by atoms with Crippen molar-refractivity contribution < 1.29 is 23.1 Å². The molecule has 0 radical (unpaired) electrons. The summed E-state index contributed by atoms with van der Waals surface area (Å²) in [7, 11) is 1.82. The fourth-order valence-corrected chi connectivity index (χ4v) is 3.36. The second-order valence-electron chi connectivity index (χ2n) is 8.92. The van der Waals surface area contributed by atoms with Gasteiger partial charge in [0, 0.05) is 31.1 Å². The van der Waals surface area contributed by atoms with E-state index in [1.807, 2.05) is 19.3 Å². The van der Waals surface area contributed by atoms with E-state index >= 15 is 0 Å². The Morgan fingerprint density at radius 2 is 1.89 bits per heavy atom. The minimum atomic E-state index is -4.66. The molecule has 4 aromatic heterocycles. The number of carbonyl (C=O) groups is 1. The highest BCUT2D eigenvalue weighted by molar-refractivity contribution is 6.03. The lowest BCUT2D eigenvalue weighted by molar-refractivity contribution is -0.206. The van der Waals surface area contributed by atoms with E-state index < -0.39 is 29.1 Å². The zero-order chi connectivity index (χ0) is 27.0. The summed E-state index contributed by atoms with van der Waals surface area (Å²) in [6.45, 7) is 1.68. The number of amides is 1. The molecule has 4 N–H and O–H groups in total. The van der Waals surface area contributed by atoms with E-state index in [-0.39, 0.29) is 6.42 Å². The molecule has 0 aliphatic heterocycles. The molecular formula is C24H24F3N8O2+. The predicted molar refractivity (Wildman–Crippen MR) is 130 cm³/mol. The normalized spacial score (nSPS) is 12.6. The number of halogens is 3. The number of fused-ring (bicyclic) bond motifs is 1. The molecule has 10 nitrogen and oxygen atoms in total. The molecule has 1 amide bonds. The maximum Gasteiger partial charge on any atom is 0.406 e. The summed E-state index contributed by atoms with van der Waals surface area (Å²) in [4.78, 5) is 25.6. The number of pyridine rings is 1. The van der Waals surface area contributed by atoms with Crippen LogP contribution in [-0.2, 0) is 18.3 Å². The molecule has 0 aliphatic rings. The number of carbonyl (C=O) groups excluding carboxylic acids is 1. The number of aryl methyl sites for hydroxylation is 1. The number of alkyl halides is 3. The van der Waals surface area contributed by atoms with Crippen molar-refractivity contribution in [2.24, 2.45) is 12.5 Å². The molecule has 0 atom stereocenters. The number of rotatable bonds is 6. The van der Waals surface area contributed by atoms with Crippen LogP contribution in [0.4, 0.5) is 13.2 Å². The molecule has 4 aromatic rings. The van der Waals surface area contributed by atoms with Gasteiger partial charge in [0.15, 0.2) is 5.41 Å². The first-order valence-electron chi connectivity index (χ1n) is 11.0. The molecular weight excluding hydrogens is 489 g/mol. The second kappa shape index (κ2) is 9.48. The number of amidine groups is 1. The van der Waals surface area contributed by atoms with Crippen LogP contribution in [0.15, 0.2) is 61.1 Å². The Morgan fingerprint density at radius 3 is 2.51 bits per heavy atom. The van der Waals surface area contributed by atoms with Crippen LogP contribution >= 0.6 is 0 Å². The molecule has 13 heteroatoms. The second-order valence-corrected chi connectivity index (χ2v) is 8.92. The molecule has 0 saturated heterocycles. The van der Waals surface area contributed by atoms with Gasteiger partial charge in [0.05, 0.1) is 42.0 Å². The minimum Gasteiger partial charge on any atom is -0.596 e. The molecule has 4 heterocycles. The largest absolute Gasteiger partial charge is 0.596 e. The van der Waals surface area contributed by atoms with Crippen LogP contribution < -0.4 is 5.32 Å². The fourth-order valence-electron chi connectivity index (χ4n) is 3.36. The lowest BCUT2D eigenvalue weighted by Crippen LogP contribution is -2.36. The number of nitrogens with zero attached hydrogens (tertiary/aromatic N) is 6. The highest BCUT2D eigenvalue weighted by Gasteiger charge is 2.53. The Kier molecular flexibility index (Phi) is 6.55. The smallest absolute Gasteiger partial charge is 0.406 e. The fraction of sp³-hybridized carbons (Fsp3) is 0.250. The summed E-state index contributed by atoms with van der Waals surface area (Å²) in [5.74, 6) is -2.04. The van der Waals surface area contributed by atoms with Crippen molar-refractivity contribution in [3.05, 3.63) is 66.7 Å². The molecule has 0 spiro atoms. The van der Waals surface area contributed by atoms with E-state index in [0.717, 1.165) is 25.1 Å². The number of imidazole rings is 1. The number of hydrogen-bond acceptors (Lipinski definition) is 6. The van der Waals surface area contributed by atoms with E-state index in [4.69, 9.17) is 10.5 Å². The Labute approximate surface area is 209 Å². The maximum absolute atomic E-state index is 13.1. The first-order valence-corrected chi connectivity index (χ1v) is 11.0. The van der Waals surface area contributed by atoms with Crippen LogP contribution in [0.1, 0.15) is 19.4 Å². The van der Waals surface area contributed by atoms with Crippen LogP contribution in [0, 0.1) is 10.8 Å². The third kappa shape index (κ3) is 5.34. The first kappa shape index (κ1) is 25.5. The van der Waals surface area contributed by atoms with Crippen molar-refractivity contribution in [2.45, 2.75) is 26.4 Å². The molecule has 0 aromatic carbocycles. The van der Waals surface area contributed by atoms with Crippen molar-refractivity contribution in [1.29, 1.82) is 5.41 Å². The molecule has 0 aliphatic carbocycles. The van der Waals surface area contributed by atoms with Crippen LogP contribution in [0.2, 0.25) is 0 Å². The van der Waals surface area contributed by atoms with Gasteiger partial charge in [-0.1, -0.05) is 6.07 Å². The molecule has 192 valence electrons. The minimum absolute atomic E-state index is 0.150. The lowest BCUT2D eigenvalue weighted by atomic mass is 9.89. The van der Waals surface area contributed by atoms with Gasteiger partial charge in [-0.25, -0.2) is 9.97 Å². The molecule has 0 bridgehead atoms. The average molecular weight is 514 g/mol. The third-order valence-corrected chi connectivity index (χ3v) is 5.80. The van der Waals surface area contributed by atoms with Crippen molar-refractivity contribution in [1.82, 2.24) is 34.4 Å². The number of hydrogen-bond donors (Lipinski definition) is 2. The third-order valence-electron chi connectivity index (χ3n) is 5.80. The molecule has 0 saturated carbocycles. The van der Waals surface area contributed by atoms with Gasteiger partial charge in [0.2, 0.25) is 11.7 Å². The molecule has 0 fully saturated rings. The van der Waals surface area contributed by atoms with Crippen LogP contribution in [0.5, 0.6) is 0 Å². The van der Waals surface area contributed by atoms with E-state index in [1.54, 1.807) is 39.9 Å². The van der Waals surface area contributed by atoms with Crippen molar-refractivity contribution >= 4 is 17.4 Å². The molecule has 4 rings (SSSR count). The number of nitrogens with one attached hydrogen (secondary N) is 2. The van der Waals surface area contributed by atoms with Gasteiger partial charge < -0.3 is 10.4 Å². The lowest BCUT2D eigenvalue weighted by Gasteiger charge is -2.23. The molecule has 37 heavy (non-hydrogen) atoms. The summed E-state index contributed by atoms with van der Waals surface area (Å²) >= 11 is 0. The monoisotopic (exact) mass is 513 g/mol. The Bertz CT molecular complexity index is 1500. The highest BCUT2D eigenvalue weighted by Crippen LogP contribution is 2.42. The summed E-state index contributed by atoms with van der Waals surface area (Å²) in [6, 6.07) is 5.22. The Morgan fingerprint density at radius 1 is 1.14 bits per heavy atom. The standard InChI is InChI=1S/C24H23F3N8O2/c1-23(2,24(25,26)27)19(36)8-20(28)33-22(37)6-14-4-5-16(29-9-14)18-11-30-21-7-17(31-13-35(18)21)15-10-32-34(3)12-15/h4-5,7-13,36H,6H2,1-3H3,(H2,28,33,37)/p+1/b19-8-. The van der Waals surface area contributed by atoms with Gasteiger partial charge in [0.1, 0.15) is 17.8 Å². The Hall–Kier alpha value is -4.55. The zero-order valence-electron chi connectivity index (χ0n) is 20.1. The quantitative estimate of drug-likeness (QED) is 0.177. The summed E-state index contributed by atoms with van der Waals surface area (Å²) in [6.07, 6.45) is 4.24. The van der Waals surface area contributed by atoms with Crippen LogP contribution in [0.3, 0.4) is 0 Å². The van der Waals surface area contributed by atoms with Crippen molar-refractivity contribution in [2.75, 3.05) is 0 Å². The number of allylic oxidation sites excluding steroid dienone is 1. The molecule has 0 unspecified atom stereocenters. The van der Waals surface area contributed by atoms with E-state index in [1.165, 1.54) is 6.20 Å². The van der Waals surface area contributed by atoms with Crippen LogP contribution in [0.25, 0.3) is 28.3 Å². The van der Waals surface area contributed by atoms with Gasteiger partial charge in [-0.3, -0.25) is 24.3 Å². The first-order chi connectivity index (χ1) is 17.3. The van der Waals surface area contributed by atoms with E-state index in [9.17, 15) is 18.0 Å². The van der Waals surface area contributed by atoms with Crippen LogP contribution in [-0.4, -0.2) is 52.2 Å². The van der Waals surface area contributed by atoms with Gasteiger partial charge in [0.25, 0.3) is 0 Å². The van der Waals surface area contributed by atoms with Gasteiger partial charge >= 0.3 is 6.18 Å². The summed E-state index contributed by atoms with van der Waals surface area (Å²) < 4.78 is 42.6. The van der Waals surface area contributed by atoms with E-state index in [0.29, 0.717) is 28.7 Å². The maximum atomic E-state index is 13.1. The van der Waals surface area contributed by atoms with E-state index in [2.05, 4.69) is 25.4 Å². The summed E-state index contributed by atoms with van der Waals surface area (Å²) in [5, 5.41) is 21.7.